The van der Waals surface area contributed by atoms with Crippen molar-refractivity contribution in [3.05, 3.63) is 125 Å². The molecule has 1 aromatic heterocycles. The van der Waals surface area contributed by atoms with Gasteiger partial charge in [0, 0.05) is 38.8 Å². The Morgan fingerprint density at radius 2 is 0.964 bits per heavy atom. The highest BCUT2D eigenvalue weighted by Gasteiger charge is 2.53. The summed E-state index contributed by atoms with van der Waals surface area (Å²) in [5, 5.41) is 2.42. The number of anilines is 3. The van der Waals surface area contributed by atoms with Crippen molar-refractivity contribution >= 4 is 39.0 Å². The Balaban J connectivity index is 0.917. The molecular weight excluding hydrogens is 667 g/mol. The van der Waals surface area contributed by atoms with E-state index in [0.717, 1.165) is 46.7 Å². The summed E-state index contributed by atoms with van der Waals surface area (Å²) in [4.78, 5) is 2.56. The van der Waals surface area contributed by atoms with Crippen LogP contribution in [-0.4, -0.2) is 0 Å². The molecule has 8 fully saturated rings. The van der Waals surface area contributed by atoms with Crippen molar-refractivity contribution in [2.75, 3.05) is 4.90 Å². The smallest absolute Gasteiger partial charge is 0.140 e. The van der Waals surface area contributed by atoms with Crippen molar-refractivity contribution in [2.45, 2.75) is 107 Å². The molecule has 5 aromatic carbocycles. The maximum absolute atomic E-state index is 6.67. The van der Waals surface area contributed by atoms with Gasteiger partial charge in [-0.05, 0) is 200 Å². The molecule has 2 heteroatoms. The zero-order valence-electron chi connectivity index (χ0n) is 32.6. The van der Waals surface area contributed by atoms with Gasteiger partial charge in [0.1, 0.15) is 11.2 Å². The molecule has 9 aliphatic carbocycles. The molecule has 8 bridgehead atoms. The molecule has 0 amide bonds. The van der Waals surface area contributed by atoms with E-state index in [-0.39, 0.29) is 5.41 Å². The standard InChI is InChI=1S/C53H53NO/c1-51(2)47-25-42(15-16-43(47)45-17-18-46-44-5-3-4-6-48(44)55-50(46)49(45)51)54(40-11-7-38(8-12-40)52-26-32-19-33(27-52)21-34(20-32)28-52)41-13-9-39(10-14-41)53-29-35-22-36(30-53)24-37(23-35)31-53/h3-18,25,32-37H,19-24,26-31H2,1-2H3. The molecular formula is C53H53NO. The van der Waals surface area contributed by atoms with Crippen LogP contribution in [0.1, 0.15) is 113 Å². The lowest BCUT2D eigenvalue weighted by molar-refractivity contribution is -0.00529. The molecule has 2 nitrogen and oxygen atoms in total. The molecule has 0 saturated heterocycles. The molecule has 276 valence electrons. The van der Waals surface area contributed by atoms with Gasteiger partial charge in [-0.3, -0.25) is 0 Å². The second-order valence-electron chi connectivity index (χ2n) is 20.6. The Bertz CT molecular complexity index is 2370. The summed E-state index contributed by atoms with van der Waals surface area (Å²) < 4.78 is 6.67. The summed E-state index contributed by atoms with van der Waals surface area (Å²) in [6, 6.07) is 40.4. The van der Waals surface area contributed by atoms with Crippen LogP contribution in [0.5, 0.6) is 0 Å². The topological polar surface area (TPSA) is 16.4 Å². The monoisotopic (exact) mass is 719 g/mol. The van der Waals surface area contributed by atoms with Crippen molar-refractivity contribution < 1.29 is 4.42 Å². The second kappa shape index (κ2) is 11.0. The van der Waals surface area contributed by atoms with E-state index in [4.69, 9.17) is 4.42 Å². The maximum atomic E-state index is 6.67. The van der Waals surface area contributed by atoms with E-state index in [1.165, 1.54) is 127 Å². The van der Waals surface area contributed by atoms with Crippen LogP contribution >= 0.6 is 0 Å². The predicted molar refractivity (Wildman–Crippen MR) is 226 cm³/mol. The largest absolute Gasteiger partial charge is 0.456 e. The SMILES string of the molecule is CC1(C)c2cc(N(c3ccc(C45CC6CC(CC(C6)C4)C5)cc3)c3ccc(C45CC6CC(CC(C6)C4)C5)cc3)ccc2-c2ccc3c(oc4ccccc43)c21. The van der Waals surface area contributed by atoms with Crippen molar-refractivity contribution in [3.8, 4) is 11.1 Å². The lowest BCUT2D eigenvalue weighted by Gasteiger charge is -2.57. The Labute approximate surface area is 326 Å². The molecule has 15 rings (SSSR count). The van der Waals surface area contributed by atoms with Crippen molar-refractivity contribution in [3.63, 3.8) is 0 Å². The maximum Gasteiger partial charge on any atom is 0.140 e. The van der Waals surface area contributed by atoms with Crippen LogP contribution in [0.4, 0.5) is 17.1 Å². The first kappa shape index (κ1) is 31.9. The van der Waals surface area contributed by atoms with Gasteiger partial charge in [0.25, 0.3) is 0 Å². The highest BCUT2D eigenvalue weighted by atomic mass is 16.3. The first-order valence-corrected chi connectivity index (χ1v) is 21.9. The van der Waals surface area contributed by atoms with Gasteiger partial charge in [0.2, 0.25) is 0 Å². The zero-order chi connectivity index (χ0) is 36.3. The van der Waals surface area contributed by atoms with Gasteiger partial charge in [-0.2, -0.15) is 0 Å². The summed E-state index contributed by atoms with van der Waals surface area (Å²) in [7, 11) is 0. The number of rotatable bonds is 5. The summed E-state index contributed by atoms with van der Waals surface area (Å²) in [5.41, 5.74) is 14.9. The Morgan fingerprint density at radius 1 is 0.491 bits per heavy atom. The fraction of sp³-hybridized carbons (Fsp3) is 0.434. The fourth-order valence-corrected chi connectivity index (χ4v) is 15.5. The van der Waals surface area contributed by atoms with Crippen LogP contribution < -0.4 is 4.90 Å². The lowest BCUT2D eigenvalue weighted by Crippen LogP contribution is -2.48. The van der Waals surface area contributed by atoms with Gasteiger partial charge < -0.3 is 9.32 Å². The highest BCUT2D eigenvalue weighted by molar-refractivity contribution is 6.09. The minimum absolute atomic E-state index is 0.204. The van der Waals surface area contributed by atoms with E-state index >= 15 is 0 Å². The third kappa shape index (κ3) is 4.49. The normalized spacial score (nSPS) is 33.1. The molecule has 55 heavy (non-hydrogen) atoms. The van der Waals surface area contributed by atoms with E-state index in [1.54, 1.807) is 11.1 Å². The second-order valence-corrected chi connectivity index (χ2v) is 20.6. The van der Waals surface area contributed by atoms with Gasteiger partial charge in [0.15, 0.2) is 0 Å². The molecule has 0 N–H and O–H groups in total. The molecule has 0 radical (unpaired) electrons. The number of fused-ring (bicyclic) bond motifs is 7. The van der Waals surface area contributed by atoms with Crippen LogP contribution in [-0.2, 0) is 16.2 Å². The van der Waals surface area contributed by atoms with Crippen molar-refractivity contribution in [1.29, 1.82) is 0 Å². The molecule has 6 aromatic rings. The number of hydrogen-bond donors (Lipinski definition) is 0. The first-order chi connectivity index (χ1) is 26.8. The van der Waals surface area contributed by atoms with Crippen molar-refractivity contribution in [2.24, 2.45) is 35.5 Å². The molecule has 0 spiro atoms. The molecule has 0 unspecified atom stereocenters. The quantitative estimate of drug-likeness (QED) is 0.176. The average molecular weight is 720 g/mol. The minimum atomic E-state index is -0.204. The number of furan rings is 1. The zero-order valence-corrected chi connectivity index (χ0v) is 32.6. The van der Waals surface area contributed by atoms with Gasteiger partial charge in [-0.25, -0.2) is 0 Å². The Morgan fingerprint density at radius 3 is 1.49 bits per heavy atom. The molecule has 0 atom stereocenters. The summed E-state index contributed by atoms with van der Waals surface area (Å²) in [6.07, 6.45) is 17.4. The van der Waals surface area contributed by atoms with E-state index in [9.17, 15) is 0 Å². The molecule has 0 aliphatic heterocycles. The lowest BCUT2D eigenvalue weighted by atomic mass is 9.48. The van der Waals surface area contributed by atoms with Crippen LogP contribution in [0.3, 0.4) is 0 Å². The van der Waals surface area contributed by atoms with E-state index in [0.29, 0.717) is 10.8 Å². The van der Waals surface area contributed by atoms with Gasteiger partial charge in [0.05, 0.1) is 0 Å². The van der Waals surface area contributed by atoms with Crippen molar-refractivity contribution in [1.82, 2.24) is 0 Å². The predicted octanol–water partition coefficient (Wildman–Crippen LogP) is 14.3. The van der Waals surface area contributed by atoms with E-state index < -0.39 is 0 Å². The summed E-state index contributed by atoms with van der Waals surface area (Å²) in [6.45, 7) is 4.80. The Kier molecular flexibility index (Phi) is 6.35. The summed E-state index contributed by atoms with van der Waals surface area (Å²) >= 11 is 0. The molecule has 9 aliphatic rings. The van der Waals surface area contributed by atoms with Gasteiger partial charge >= 0.3 is 0 Å². The average Bonchev–Trinajstić information content (AvgIpc) is 3.66. The van der Waals surface area contributed by atoms with Crippen LogP contribution in [0, 0.1) is 35.5 Å². The van der Waals surface area contributed by atoms with Crippen LogP contribution in [0.15, 0.2) is 108 Å². The van der Waals surface area contributed by atoms with Gasteiger partial charge in [-0.1, -0.05) is 68.4 Å². The number of para-hydroxylation sites is 1. The summed E-state index contributed by atoms with van der Waals surface area (Å²) in [5.74, 6) is 5.72. The molecule has 8 saturated carbocycles. The van der Waals surface area contributed by atoms with Crippen LogP contribution in [0.25, 0.3) is 33.1 Å². The highest BCUT2D eigenvalue weighted by Crippen LogP contribution is 2.62. The third-order valence-corrected chi connectivity index (χ3v) is 16.9. The fourth-order valence-electron chi connectivity index (χ4n) is 15.5. The first-order valence-electron chi connectivity index (χ1n) is 21.9. The van der Waals surface area contributed by atoms with E-state index in [1.807, 2.05) is 0 Å². The number of hydrogen-bond acceptors (Lipinski definition) is 2. The molecule has 1 heterocycles. The third-order valence-electron chi connectivity index (χ3n) is 16.9. The number of nitrogens with zero attached hydrogens (tertiary/aromatic N) is 1. The number of benzene rings is 5. The Hall–Kier alpha value is -4.30. The van der Waals surface area contributed by atoms with E-state index in [2.05, 4.69) is 122 Å². The minimum Gasteiger partial charge on any atom is -0.456 e. The van der Waals surface area contributed by atoms with Gasteiger partial charge in [-0.15, -0.1) is 0 Å². The van der Waals surface area contributed by atoms with Crippen LogP contribution in [0.2, 0.25) is 0 Å².